The Morgan fingerprint density at radius 3 is 2.90 bits per heavy atom. The van der Waals surface area contributed by atoms with E-state index in [9.17, 15) is 14.5 Å². The summed E-state index contributed by atoms with van der Waals surface area (Å²) in [4.78, 5) is 14.4. The summed E-state index contributed by atoms with van der Waals surface area (Å²) in [5.74, 6) is 0.666. The van der Waals surface area contributed by atoms with Crippen LogP contribution < -0.4 is 5.32 Å². The van der Waals surface area contributed by atoms with Crippen molar-refractivity contribution >= 4 is 5.69 Å². The maximum atomic E-state index is 13.2. The number of hydrogen-bond acceptors (Lipinski definition) is 5. The second-order valence-electron chi connectivity index (χ2n) is 4.44. The monoisotopic (exact) mass is 279 g/mol. The van der Waals surface area contributed by atoms with E-state index in [2.05, 4.69) is 10.3 Å². The lowest BCUT2D eigenvalue weighted by Gasteiger charge is -2.10. The first kappa shape index (κ1) is 14.1. The number of halogens is 1. The van der Waals surface area contributed by atoms with Gasteiger partial charge in [0.05, 0.1) is 17.2 Å². The number of nitro groups is 1. The Kier molecular flexibility index (Phi) is 4.09. The van der Waals surface area contributed by atoms with Gasteiger partial charge in [0.25, 0.3) is 5.69 Å². The van der Waals surface area contributed by atoms with Gasteiger partial charge in [0, 0.05) is 18.2 Å². The second-order valence-corrected chi connectivity index (χ2v) is 4.44. The molecular weight excluding hydrogens is 265 g/mol. The fourth-order valence-corrected chi connectivity index (χ4v) is 1.80. The van der Waals surface area contributed by atoms with Gasteiger partial charge in [-0.1, -0.05) is 0 Å². The van der Waals surface area contributed by atoms with E-state index in [1.807, 2.05) is 6.92 Å². The molecule has 0 aliphatic heterocycles. The Bertz CT molecular complexity index is 627. The minimum absolute atomic E-state index is 0.116. The number of hydrogen-bond donors (Lipinski definition) is 1. The van der Waals surface area contributed by atoms with Crippen LogP contribution in [-0.2, 0) is 6.54 Å². The molecule has 7 heteroatoms. The summed E-state index contributed by atoms with van der Waals surface area (Å²) < 4.78 is 18.5. The van der Waals surface area contributed by atoms with Crippen LogP contribution in [0.25, 0.3) is 0 Å². The van der Waals surface area contributed by atoms with Crippen molar-refractivity contribution in [1.29, 1.82) is 0 Å². The molecule has 0 fully saturated rings. The summed E-state index contributed by atoms with van der Waals surface area (Å²) in [6, 6.07) is 3.15. The number of aryl methyl sites for hydroxylation is 1. The number of nitro benzene ring substituents is 1. The highest BCUT2D eigenvalue weighted by atomic mass is 19.1. The van der Waals surface area contributed by atoms with E-state index in [1.54, 1.807) is 13.1 Å². The van der Waals surface area contributed by atoms with Crippen molar-refractivity contribution in [3.05, 3.63) is 57.5 Å². The standard InChI is InChI=1S/C13H14FN3O3/c1-8-6-16-13(20-8)9(2)15-7-10-5-11(14)3-4-12(10)17(18)19/h3-6,9,15H,7H2,1-2H3. The third-order valence-electron chi connectivity index (χ3n) is 2.85. The number of nitrogens with zero attached hydrogens (tertiary/aromatic N) is 2. The van der Waals surface area contributed by atoms with Gasteiger partial charge in [0.1, 0.15) is 11.6 Å². The zero-order chi connectivity index (χ0) is 14.7. The van der Waals surface area contributed by atoms with Crippen LogP contribution in [0.3, 0.4) is 0 Å². The third-order valence-corrected chi connectivity index (χ3v) is 2.85. The molecule has 0 radical (unpaired) electrons. The Hall–Kier alpha value is -2.28. The summed E-state index contributed by atoms with van der Waals surface area (Å²) in [6.45, 7) is 3.74. The summed E-state index contributed by atoms with van der Waals surface area (Å²) >= 11 is 0. The highest BCUT2D eigenvalue weighted by Crippen LogP contribution is 2.21. The maximum absolute atomic E-state index is 13.2. The molecule has 1 unspecified atom stereocenters. The highest BCUT2D eigenvalue weighted by Gasteiger charge is 2.16. The van der Waals surface area contributed by atoms with Crippen LogP contribution in [0.15, 0.2) is 28.8 Å². The third kappa shape index (κ3) is 3.18. The molecule has 0 saturated carbocycles. The van der Waals surface area contributed by atoms with Gasteiger partial charge in [0.2, 0.25) is 5.89 Å². The minimum atomic E-state index is -0.531. The molecule has 0 aliphatic carbocycles. The molecule has 0 aliphatic rings. The lowest BCUT2D eigenvalue weighted by molar-refractivity contribution is -0.385. The van der Waals surface area contributed by atoms with Gasteiger partial charge in [-0.15, -0.1) is 0 Å². The van der Waals surface area contributed by atoms with Gasteiger partial charge >= 0.3 is 0 Å². The molecule has 1 N–H and O–H groups in total. The predicted octanol–water partition coefficient (Wildman–Crippen LogP) is 2.88. The zero-order valence-electron chi connectivity index (χ0n) is 11.1. The molecule has 1 atom stereocenters. The molecule has 0 bridgehead atoms. The van der Waals surface area contributed by atoms with E-state index >= 15 is 0 Å². The van der Waals surface area contributed by atoms with Crippen LogP contribution in [0.1, 0.15) is 30.2 Å². The fraction of sp³-hybridized carbons (Fsp3) is 0.308. The Balaban J connectivity index is 2.10. The van der Waals surface area contributed by atoms with Crippen molar-refractivity contribution in [1.82, 2.24) is 10.3 Å². The van der Waals surface area contributed by atoms with Crippen LogP contribution >= 0.6 is 0 Å². The van der Waals surface area contributed by atoms with Gasteiger partial charge in [-0.2, -0.15) is 0 Å². The number of aromatic nitrogens is 1. The van der Waals surface area contributed by atoms with Gasteiger partial charge in [-0.05, 0) is 26.0 Å². The van der Waals surface area contributed by atoms with Crippen molar-refractivity contribution in [3.63, 3.8) is 0 Å². The SMILES string of the molecule is Cc1cnc(C(C)NCc2cc(F)ccc2[N+](=O)[O-])o1. The van der Waals surface area contributed by atoms with E-state index in [0.29, 0.717) is 11.7 Å². The highest BCUT2D eigenvalue weighted by molar-refractivity contribution is 5.40. The lowest BCUT2D eigenvalue weighted by atomic mass is 10.1. The van der Waals surface area contributed by atoms with Crippen LogP contribution in [0.2, 0.25) is 0 Å². The number of oxazole rings is 1. The normalized spacial score (nSPS) is 12.3. The molecule has 6 nitrogen and oxygen atoms in total. The first-order chi connectivity index (χ1) is 9.47. The summed E-state index contributed by atoms with van der Waals surface area (Å²) in [6.07, 6.45) is 1.60. The van der Waals surface area contributed by atoms with Crippen molar-refractivity contribution in [3.8, 4) is 0 Å². The molecule has 2 aromatic rings. The second kappa shape index (κ2) is 5.79. The van der Waals surface area contributed by atoms with Crippen molar-refractivity contribution in [2.75, 3.05) is 0 Å². The van der Waals surface area contributed by atoms with Crippen molar-refractivity contribution < 1.29 is 13.7 Å². The van der Waals surface area contributed by atoms with E-state index in [-0.39, 0.29) is 23.8 Å². The van der Waals surface area contributed by atoms with Crippen LogP contribution in [0, 0.1) is 22.9 Å². The number of rotatable bonds is 5. The van der Waals surface area contributed by atoms with Crippen molar-refractivity contribution in [2.24, 2.45) is 0 Å². The van der Waals surface area contributed by atoms with Crippen LogP contribution in [0.4, 0.5) is 10.1 Å². The van der Waals surface area contributed by atoms with Gasteiger partial charge in [-0.25, -0.2) is 9.37 Å². The van der Waals surface area contributed by atoms with Gasteiger partial charge in [0.15, 0.2) is 0 Å². The van der Waals surface area contributed by atoms with Crippen LogP contribution in [-0.4, -0.2) is 9.91 Å². The summed E-state index contributed by atoms with van der Waals surface area (Å²) in [5.41, 5.74) is 0.166. The zero-order valence-corrected chi connectivity index (χ0v) is 11.1. The number of nitrogens with one attached hydrogen (secondary N) is 1. The summed E-state index contributed by atoms with van der Waals surface area (Å²) in [7, 11) is 0. The first-order valence-corrected chi connectivity index (χ1v) is 6.06. The molecule has 106 valence electrons. The van der Waals surface area contributed by atoms with E-state index < -0.39 is 10.7 Å². The average Bonchev–Trinajstić information content (AvgIpc) is 2.82. The first-order valence-electron chi connectivity index (χ1n) is 6.06. The van der Waals surface area contributed by atoms with E-state index in [1.165, 1.54) is 0 Å². The maximum Gasteiger partial charge on any atom is 0.274 e. The molecule has 2 rings (SSSR count). The Morgan fingerprint density at radius 2 is 2.30 bits per heavy atom. The number of benzene rings is 1. The predicted molar refractivity (Wildman–Crippen MR) is 69.5 cm³/mol. The molecule has 1 heterocycles. The quantitative estimate of drug-likeness (QED) is 0.672. The molecule has 20 heavy (non-hydrogen) atoms. The lowest BCUT2D eigenvalue weighted by Crippen LogP contribution is -2.19. The smallest absolute Gasteiger partial charge is 0.274 e. The fourth-order valence-electron chi connectivity index (χ4n) is 1.80. The molecule has 0 saturated heterocycles. The Morgan fingerprint density at radius 1 is 1.55 bits per heavy atom. The van der Waals surface area contributed by atoms with E-state index in [4.69, 9.17) is 4.42 Å². The molecule has 1 aromatic heterocycles. The molecular formula is C13H14FN3O3. The Labute approximate surface area is 114 Å². The summed E-state index contributed by atoms with van der Waals surface area (Å²) in [5, 5.41) is 13.9. The molecule has 0 amide bonds. The van der Waals surface area contributed by atoms with E-state index in [0.717, 1.165) is 18.2 Å². The molecule has 0 spiro atoms. The largest absolute Gasteiger partial charge is 0.444 e. The average molecular weight is 279 g/mol. The van der Waals surface area contributed by atoms with Crippen molar-refractivity contribution in [2.45, 2.75) is 26.4 Å². The van der Waals surface area contributed by atoms with Crippen LogP contribution in [0.5, 0.6) is 0 Å². The molecule has 1 aromatic carbocycles. The van der Waals surface area contributed by atoms with Gasteiger partial charge < -0.3 is 9.73 Å². The van der Waals surface area contributed by atoms with Gasteiger partial charge in [-0.3, -0.25) is 10.1 Å². The minimum Gasteiger partial charge on any atom is -0.444 e. The topological polar surface area (TPSA) is 81.2 Å².